The van der Waals surface area contributed by atoms with Crippen molar-refractivity contribution in [2.75, 3.05) is 0 Å². The van der Waals surface area contributed by atoms with E-state index in [2.05, 4.69) is 18.9 Å². The largest absolute Gasteiger partial charge is 0.388 e. The summed E-state index contributed by atoms with van der Waals surface area (Å²) in [6, 6.07) is 0. The topological polar surface area (TPSA) is 38.1 Å². The minimum absolute atomic E-state index is 0.331. The molecule has 0 aromatic carbocycles. The van der Waals surface area contributed by atoms with E-state index in [0.29, 0.717) is 0 Å². The van der Waals surface area contributed by atoms with Gasteiger partial charge in [0.1, 0.15) is 0 Å². The third kappa shape index (κ3) is 5.35. The van der Waals surface area contributed by atoms with Crippen LogP contribution in [0.4, 0.5) is 0 Å². The molecule has 0 aliphatic carbocycles. The minimum Gasteiger partial charge on any atom is -0.388 e. The summed E-state index contributed by atoms with van der Waals surface area (Å²) in [5.74, 6) is 0. The van der Waals surface area contributed by atoms with Gasteiger partial charge in [0.05, 0.1) is 12.3 Å². The first-order valence-corrected chi connectivity index (χ1v) is 6.98. The maximum absolute atomic E-state index is 10.0. The standard InChI is InChI=1S/C14H26N2O/c1-3-5-6-7-8-9-14(17)13-11-15-16(12-13)10-4-2/h11-12,14,17H,3-10H2,1-2H3. The van der Waals surface area contributed by atoms with Gasteiger partial charge in [0, 0.05) is 18.3 Å². The molecule has 1 unspecified atom stereocenters. The second kappa shape index (κ2) is 8.29. The third-order valence-corrected chi connectivity index (χ3v) is 3.07. The highest BCUT2D eigenvalue weighted by Crippen LogP contribution is 2.19. The molecule has 3 heteroatoms. The monoisotopic (exact) mass is 238 g/mol. The molecule has 0 saturated heterocycles. The number of hydrogen-bond acceptors (Lipinski definition) is 2. The number of hydrogen-bond donors (Lipinski definition) is 1. The summed E-state index contributed by atoms with van der Waals surface area (Å²) in [4.78, 5) is 0. The van der Waals surface area contributed by atoms with E-state index < -0.39 is 0 Å². The van der Waals surface area contributed by atoms with Crippen LogP contribution >= 0.6 is 0 Å². The minimum atomic E-state index is -0.331. The molecule has 3 nitrogen and oxygen atoms in total. The lowest BCUT2D eigenvalue weighted by Gasteiger charge is -2.07. The van der Waals surface area contributed by atoms with Crippen molar-refractivity contribution in [1.82, 2.24) is 9.78 Å². The molecule has 0 saturated carbocycles. The van der Waals surface area contributed by atoms with Crippen LogP contribution in [0.2, 0.25) is 0 Å². The fourth-order valence-electron chi connectivity index (χ4n) is 2.01. The third-order valence-electron chi connectivity index (χ3n) is 3.07. The van der Waals surface area contributed by atoms with Gasteiger partial charge >= 0.3 is 0 Å². The second-order valence-electron chi connectivity index (χ2n) is 4.76. The summed E-state index contributed by atoms with van der Waals surface area (Å²) in [7, 11) is 0. The van der Waals surface area contributed by atoms with Gasteiger partial charge in [-0.15, -0.1) is 0 Å². The van der Waals surface area contributed by atoms with Gasteiger partial charge in [0.25, 0.3) is 0 Å². The number of unbranched alkanes of at least 4 members (excludes halogenated alkanes) is 4. The van der Waals surface area contributed by atoms with Crippen LogP contribution in [-0.2, 0) is 6.54 Å². The lowest BCUT2D eigenvalue weighted by atomic mass is 10.0. The molecular formula is C14H26N2O. The van der Waals surface area contributed by atoms with Crippen molar-refractivity contribution in [1.29, 1.82) is 0 Å². The Bertz CT molecular complexity index is 296. The van der Waals surface area contributed by atoms with Crippen LogP contribution in [0.5, 0.6) is 0 Å². The second-order valence-corrected chi connectivity index (χ2v) is 4.76. The Kier molecular flexibility index (Phi) is 6.94. The molecule has 1 rings (SSSR count). The number of rotatable bonds is 9. The van der Waals surface area contributed by atoms with Crippen LogP contribution < -0.4 is 0 Å². The normalized spacial score (nSPS) is 12.9. The Morgan fingerprint density at radius 3 is 2.65 bits per heavy atom. The molecule has 0 radical (unpaired) electrons. The SMILES string of the molecule is CCCCCCCC(O)c1cnn(CCC)c1. The smallest absolute Gasteiger partial charge is 0.0820 e. The quantitative estimate of drug-likeness (QED) is 0.666. The highest BCUT2D eigenvalue weighted by atomic mass is 16.3. The van der Waals surface area contributed by atoms with E-state index in [9.17, 15) is 5.11 Å². The maximum Gasteiger partial charge on any atom is 0.0820 e. The first-order chi connectivity index (χ1) is 8.27. The molecule has 0 amide bonds. The molecule has 1 aromatic heterocycles. The van der Waals surface area contributed by atoms with Gasteiger partial charge in [-0.1, -0.05) is 46.0 Å². The zero-order valence-corrected chi connectivity index (χ0v) is 11.2. The molecule has 1 heterocycles. The van der Waals surface area contributed by atoms with E-state index in [-0.39, 0.29) is 6.10 Å². The molecule has 1 N–H and O–H groups in total. The number of aliphatic hydroxyl groups is 1. The van der Waals surface area contributed by atoms with Gasteiger partial charge in [-0.3, -0.25) is 4.68 Å². The summed E-state index contributed by atoms with van der Waals surface area (Å²) in [6.07, 6.45) is 11.6. The van der Waals surface area contributed by atoms with Crippen molar-refractivity contribution in [3.05, 3.63) is 18.0 Å². The van der Waals surface area contributed by atoms with E-state index in [4.69, 9.17) is 0 Å². The van der Waals surface area contributed by atoms with Crippen LogP contribution in [0, 0.1) is 0 Å². The van der Waals surface area contributed by atoms with Gasteiger partial charge in [-0.25, -0.2) is 0 Å². The van der Waals surface area contributed by atoms with Gasteiger partial charge < -0.3 is 5.11 Å². The van der Waals surface area contributed by atoms with Crippen molar-refractivity contribution < 1.29 is 5.11 Å². The molecule has 1 atom stereocenters. The highest BCUT2D eigenvalue weighted by Gasteiger charge is 2.09. The average molecular weight is 238 g/mol. The van der Waals surface area contributed by atoms with E-state index >= 15 is 0 Å². The van der Waals surface area contributed by atoms with E-state index in [1.807, 2.05) is 10.9 Å². The average Bonchev–Trinajstić information content (AvgIpc) is 2.78. The molecular weight excluding hydrogens is 212 g/mol. The first-order valence-electron chi connectivity index (χ1n) is 6.98. The van der Waals surface area contributed by atoms with E-state index in [1.54, 1.807) is 6.20 Å². The predicted octanol–water partition coefficient (Wildman–Crippen LogP) is 3.69. The lowest BCUT2D eigenvalue weighted by molar-refractivity contribution is 0.163. The lowest BCUT2D eigenvalue weighted by Crippen LogP contribution is -1.98. The van der Waals surface area contributed by atoms with Crippen LogP contribution in [0.3, 0.4) is 0 Å². The summed E-state index contributed by atoms with van der Waals surface area (Å²) < 4.78 is 1.91. The highest BCUT2D eigenvalue weighted by molar-refractivity contribution is 5.07. The Labute approximate surface area is 105 Å². The van der Waals surface area contributed by atoms with Crippen LogP contribution in [0.1, 0.15) is 70.5 Å². The molecule has 0 fully saturated rings. The summed E-state index contributed by atoms with van der Waals surface area (Å²) in [5.41, 5.74) is 0.967. The van der Waals surface area contributed by atoms with Crippen LogP contribution in [-0.4, -0.2) is 14.9 Å². The Hall–Kier alpha value is -0.830. The summed E-state index contributed by atoms with van der Waals surface area (Å²) >= 11 is 0. The van der Waals surface area contributed by atoms with E-state index in [1.165, 1.54) is 25.7 Å². The van der Waals surface area contributed by atoms with E-state index in [0.717, 1.165) is 31.4 Å². The molecule has 17 heavy (non-hydrogen) atoms. The molecule has 0 aliphatic rings. The Morgan fingerprint density at radius 1 is 1.18 bits per heavy atom. The van der Waals surface area contributed by atoms with Crippen LogP contribution in [0.25, 0.3) is 0 Å². The van der Waals surface area contributed by atoms with Gasteiger partial charge in [-0.2, -0.15) is 5.10 Å². The number of aliphatic hydroxyl groups excluding tert-OH is 1. The van der Waals surface area contributed by atoms with Crippen molar-refractivity contribution >= 4 is 0 Å². The number of aromatic nitrogens is 2. The molecule has 0 aliphatic heterocycles. The summed E-state index contributed by atoms with van der Waals surface area (Å²) in [6.45, 7) is 5.28. The van der Waals surface area contributed by atoms with Crippen molar-refractivity contribution in [2.24, 2.45) is 0 Å². The molecule has 0 bridgehead atoms. The molecule has 98 valence electrons. The van der Waals surface area contributed by atoms with Crippen LogP contribution in [0.15, 0.2) is 12.4 Å². The maximum atomic E-state index is 10.0. The molecule has 1 aromatic rings. The fourth-order valence-corrected chi connectivity index (χ4v) is 2.01. The zero-order valence-electron chi connectivity index (χ0n) is 11.2. The fraction of sp³-hybridized carbons (Fsp3) is 0.786. The Balaban J connectivity index is 2.23. The van der Waals surface area contributed by atoms with Gasteiger partial charge in [0.2, 0.25) is 0 Å². The van der Waals surface area contributed by atoms with Gasteiger partial charge in [0.15, 0.2) is 0 Å². The first kappa shape index (κ1) is 14.2. The molecule has 0 spiro atoms. The summed E-state index contributed by atoms with van der Waals surface area (Å²) in [5, 5.41) is 14.2. The predicted molar refractivity (Wildman–Crippen MR) is 70.9 cm³/mol. The van der Waals surface area contributed by atoms with Crippen molar-refractivity contribution in [2.45, 2.75) is 71.4 Å². The number of nitrogens with zero attached hydrogens (tertiary/aromatic N) is 2. The van der Waals surface area contributed by atoms with Crippen molar-refractivity contribution in [3.8, 4) is 0 Å². The van der Waals surface area contributed by atoms with Crippen molar-refractivity contribution in [3.63, 3.8) is 0 Å². The van der Waals surface area contributed by atoms with Gasteiger partial charge in [-0.05, 0) is 12.8 Å². The number of aryl methyl sites for hydroxylation is 1. The zero-order chi connectivity index (χ0) is 12.5. The Morgan fingerprint density at radius 2 is 1.94 bits per heavy atom.